The molecule has 0 aliphatic carbocycles. The predicted molar refractivity (Wildman–Crippen MR) is 127 cm³/mol. The summed E-state index contributed by atoms with van der Waals surface area (Å²) >= 11 is 9.74. The Morgan fingerprint density at radius 3 is 2.45 bits per heavy atom. The highest BCUT2D eigenvalue weighted by Crippen LogP contribution is 2.34. The molecular weight excluding hydrogens is 558 g/mol. The van der Waals surface area contributed by atoms with Gasteiger partial charge >= 0.3 is 16.1 Å². The number of carbonyl (C=O) groups excluding carboxylic acids is 3. The number of ether oxygens (including phenoxy) is 1. The fraction of sp³-hybridized carbons (Fsp3) is 0.190. The monoisotopic (exact) mass is 573 g/mol. The summed E-state index contributed by atoms with van der Waals surface area (Å²) in [6, 6.07) is 10.00. The Kier molecular flexibility index (Phi) is 7.88. The van der Waals surface area contributed by atoms with Crippen LogP contribution in [0.25, 0.3) is 6.08 Å². The summed E-state index contributed by atoms with van der Waals surface area (Å²) in [5.74, 6) is -1.27. The van der Waals surface area contributed by atoms with Gasteiger partial charge in [-0.15, -0.1) is 0 Å². The lowest BCUT2D eigenvalue weighted by Gasteiger charge is -2.13. The lowest BCUT2D eigenvalue weighted by atomic mass is 10.2. The van der Waals surface area contributed by atoms with E-state index in [1.54, 1.807) is 13.8 Å². The zero-order valence-electron chi connectivity index (χ0n) is 17.3. The van der Waals surface area contributed by atoms with Crippen LogP contribution in [-0.4, -0.2) is 43.1 Å². The van der Waals surface area contributed by atoms with Crippen molar-refractivity contribution in [2.75, 3.05) is 6.54 Å². The second-order valence-electron chi connectivity index (χ2n) is 6.99. The first-order valence-electron chi connectivity index (χ1n) is 9.41. The lowest BCUT2D eigenvalue weighted by Crippen LogP contribution is -2.35. The number of hydrogen-bond donors (Lipinski definition) is 0. The van der Waals surface area contributed by atoms with Crippen LogP contribution in [0.3, 0.4) is 0 Å². The summed E-state index contributed by atoms with van der Waals surface area (Å²) in [6.07, 6.45) is 1.09. The van der Waals surface area contributed by atoms with Crippen molar-refractivity contribution in [1.82, 2.24) is 4.90 Å². The van der Waals surface area contributed by atoms with Crippen molar-refractivity contribution in [3.63, 3.8) is 0 Å². The number of esters is 1. The Morgan fingerprint density at radius 2 is 1.85 bits per heavy atom. The molecule has 1 aliphatic heterocycles. The molecule has 0 radical (unpaired) electrons. The minimum Gasteiger partial charge on any atom is -0.462 e. The van der Waals surface area contributed by atoms with Crippen LogP contribution in [0.2, 0.25) is 5.02 Å². The largest absolute Gasteiger partial charge is 0.462 e. The molecule has 1 aliphatic rings. The summed E-state index contributed by atoms with van der Waals surface area (Å²) in [7, 11) is -4.09. The van der Waals surface area contributed by atoms with Gasteiger partial charge in [-0.3, -0.25) is 19.3 Å². The van der Waals surface area contributed by atoms with E-state index in [9.17, 15) is 22.8 Å². The maximum atomic E-state index is 12.5. The molecule has 1 heterocycles. The van der Waals surface area contributed by atoms with Gasteiger partial charge in [-0.2, -0.15) is 8.42 Å². The molecular formula is C21H17BrClNO7S2. The summed E-state index contributed by atoms with van der Waals surface area (Å²) < 4.78 is 35.4. The van der Waals surface area contributed by atoms with E-state index in [-0.39, 0.29) is 21.7 Å². The Hall–Kier alpha value is -2.34. The molecule has 0 aromatic heterocycles. The zero-order valence-corrected chi connectivity index (χ0v) is 21.3. The van der Waals surface area contributed by atoms with Crippen LogP contribution < -0.4 is 4.18 Å². The standard InChI is InChI=1S/C21H17BrClNO7S2/c1-12(2)30-19(25)11-24-20(26)18(32-21(24)27)10-13-3-8-17(16(22)9-13)31-33(28,29)15-6-4-14(23)5-7-15/h3-10,12H,11H2,1-2H3/b18-10-. The molecule has 0 atom stereocenters. The second kappa shape index (κ2) is 10.3. The SMILES string of the molecule is CC(C)OC(=O)CN1C(=O)S/C(=C\c2ccc(OS(=O)(=O)c3ccc(Cl)cc3)c(Br)c2)C1=O. The van der Waals surface area contributed by atoms with Crippen LogP contribution in [0.15, 0.2) is 56.7 Å². The zero-order chi connectivity index (χ0) is 24.3. The third kappa shape index (κ3) is 6.38. The van der Waals surface area contributed by atoms with Gasteiger partial charge < -0.3 is 8.92 Å². The Balaban J connectivity index is 1.76. The number of halogens is 2. The number of carbonyl (C=O) groups is 3. The number of nitrogens with zero attached hydrogens (tertiary/aromatic N) is 1. The molecule has 3 rings (SSSR count). The number of benzene rings is 2. The van der Waals surface area contributed by atoms with Crippen molar-refractivity contribution in [1.29, 1.82) is 0 Å². The van der Waals surface area contributed by atoms with Gasteiger partial charge in [-0.25, -0.2) is 0 Å². The summed E-state index contributed by atoms with van der Waals surface area (Å²) in [5.41, 5.74) is 0.508. The molecule has 0 bridgehead atoms. The van der Waals surface area contributed by atoms with E-state index in [0.29, 0.717) is 26.8 Å². The van der Waals surface area contributed by atoms with Crippen molar-refractivity contribution in [2.45, 2.75) is 24.8 Å². The highest BCUT2D eigenvalue weighted by atomic mass is 79.9. The molecule has 12 heteroatoms. The maximum Gasteiger partial charge on any atom is 0.339 e. The molecule has 0 unspecified atom stereocenters. The van der Waals surface area contributed by atoms with E-state index in [0.717, 1.165) is 4.90 Å². The molecule has 1 saturated heterocycles. The molecule has 2 aromatic carbocycles. The van der Waals surface area contributed by atoms with Gasteiger partial charge in [0.25, 0.3) is 11.1 Å². The topological polar surface area (TPSA) is 107 Å². The van der Waals surface area contributed by atoms with Gasteiger partial charge in [0, 0.05) is 5.02 Å². The minimum absolute atomic E-state index is 0.0339. The number of amides is 2. The van der Waals surface area contributed by atoms with Crippen molar-refractivity contribution in [3.05, 3.63) is 62.4 Å². The molecule has 1 fully saturated rings. The van der Waals surface area contributed by atoms with Gasteiger partial charge in [-0.1, -0.05) is 17.7 Å². The highest BCUT2D eigenvalue weighted by Gasteiger charge is 2.36. The number of rotatable bonds is 7. The van der Waals surface area contributed by atoms with E-state index in [1.165, 1.54) is 48.5 Å². The van der Waals surface area contributed by atoms with Crippen molar-refractivity contribution >= 4 is 72.6 Å². The van der Waals surface area contributed by atoms with Gasteiger partial charge in [-0.05, 0) is 89.6 Å². The molecule has 33 heavy (non-hydrogen) atoms. The van der Waals surface area contributed by atoms with Gasteiger partial charge in [0.15, 0.2) is 5.75 Å². The Bertz CT molecular complexity index is 1240. The minimum atomic E-state index is -4.09. The molecule has 8 nitrogen and oxygen atoms in total. The third-order valence-electron chi connectivity index (χ3n) is 4.08. The second-order valence-corrected chi connectivity index (χ2v) is 10.8. The maximum absolute atomic E-state index is 12.5. The van der Waals surface area contributed by atoms with Crippen molar-refractivity contribution in [3.8, 4) is 5.75 Å². The van der Waals surface area contributed by atoms with E-state index < -0.39 is 33.8 Å². The van der Waals surface area contributed by atoms with Crippen LogP contribution in [0.1, 0.15) is 19.4 Å². The molecule has 0 saturated carbocycles. The van der Waals surface area contributed by atoms with Crippen LogP contribution >= 0.6 is 39.3 Å². The van der Waals surface area contributed by atoms with Gasteiger partial charge in [0.2, 0.25) is 0 Å². The fourth-order valence-electron chi connectivity index (χ4n) is 2.66. The molecule has 174 valence electrons. The van der Waals surface area contributed by atoms with E-state index >= 15 is 0 Å². The molecule has 2 aromatic rings. The van der Waals surface area contributed by atoms with Gasteiger partial charge in [0.05, 0.1) is 15.5 Å². The molecule has 0 N–H and O–H groups in total. The van der Waals surface area contributed by atoms with Crippen LogP contribution in [0.5, 0.6) is 5.75 Å². The first-order valence-corrected chi connectivity index (χ1v) is 12.8. The third-order valence-corrected chi connectivity index (χ3v) is 7.11. The predicted octanol–water partition coefficient (Wildman–Crippen LogP) is 4.86. The van der Waals surface area contributed by atoms with Crippen molar-refractivity contribution < 1.29 is 31.7 Å². The summed E-state index contributed by atoms with van der Waals surface area (Å²) in [6.45, 7) is 2.86. The number of imide groups is 1. The average molecular weight is 575 g/mol. The fourth-order valence-corrected chi connectivity index (χ4v) is 5.16. The van der Waals surface area contributed by atoms with E-state index in [1.807, 2.05) is 0 Å². The normalized spacial score (nSPS) is 15.4. The van der Waals surface area contributed by atoms with Crippen LogP contribution in [0.4, 0.5) is 4.79 Å². The molecule has 2 amide bonds. The number of thioether (sulfide) groups is 1. The average Bonchev–Trinajstić information content (AvgIpc) is 2.97. The smallest absolute Gasteiger partial charge is 0.339 e. The summed E-state index contributed by atoms with van der Waals surface area (Å²) in [5, 5.41) is -0.194. The number of hydrogen-bond acceptors (Lipinski definition) is 8. The van der Waals surface area contributed by atoms with E-state index in [2.05, 4.69) is 15.9 Å². The Labute approximate surface area is 208 Å². The van der Waals surface area contributed by atoms with Crippen LogP contribution in [-0.2, 0) is 24.4 Å². The van der Waals surface area contributed by atoms with Crippen molar-refractivity contribution in [2.24, 2.45) is 0 Å². The highest BCUT2D eigenvalue weighted by molar-refractivity contribution is 9.10. The van der Waals surface area contributed by atoms with Gasteiger partial charge in [0.1, 0.15) is 11.4 Å². The molecule has 0 spiro atoms. The first-order chi connectivity index (χ1) is 15.5. The summed E-state index contributed by atoms with van der Waals surface area (Å²) in [4.78, 5) is 37.4. The Morgan fingerprint density at radius 1 is 1.18 bits per heavy atom. The van der Waals surface area contributed by atoms with E-state index in [4.69, 9.17) is 20.5 Å². The van der Waals surface area contributed by atoms with Crippen LogP contribution in [0, 0.1) is 0 Å². The first kappa shape index (κ1) is 25.3. The lowest BCUT2D eigenvalue weighted by molar-refractivity contribution is -0.149. The quantitative estimate of drug-likeness (QED) is 0.262.